The molecule has 12 heteroatoms. The Morgan fingerprint density at radius 2 is 1.42 bits per heavy atom. The van der Waals surface area contributed by atoms with Crippen LogP contribution in [0.1, 0.15) is 34.4 Å². The van der Waals surface area contributed by atoms with Crippen LogP contribution in [0.3, 0.4) is 0 Å². The van der Waals surface area contributed by atoms with E-state index < -0.39 is 29.6 Å². The summed E-state index contributed by atoms with van der Waals surface area (Å²) < 4.78 is 0. The van der Waals surface area contributed by atoms with Gasteiger partial charge < -0.3 is 31.0 Å². The van der Waals surface area contributed by atoms with Crippen LogP contribution in [0.4, 0.5) is 5.13 Å². The molecule has 1 aliphatic heterocycles. The van der Waals surface area contributed by atoms with Crippen molar-refractivity contribution in [3.63, 3.8) is 0 Å². The fourth-order valence-electron chi connectivity index (χ4n) is 5.53. The Bertz CT molecular complexity index is 1790. The molecule has 11 nitrogen and oxygen atoms in total. The summed E-state index contributed by atoms with van der Waals surface area (Å²) in [6, 6.07) is 39.2. The third-order valence-corrected chi connectivity index (χ3v) is 8.82. The molecule has 0 aliphatic carbocycles. The molecule has 2 heterocycles. The van der Waals surface area contributed by atoms with Gasteiger partial charge in [0.25, 0.3) is 5.91 Å². The number of aromatic nitrogens is 1. The number of nitrogens with zero attached hydrogens (tertiary/aromatic N) is 2. The SMILES string of the molecule is CN[C@@H](Cc1ccccc1)C(=O)O.O=C(O)/C(=N/O[C@H]1CCNC1=O)c1csc(NC(c2ccccc2)(c2ccccc2)c2ccccc2)n1. The highest BCUT2D eigenvalue weighted by Gasteiger charge is 2.37. The summed E-state index contributed by atoms with van der Waals surface area (Å²) in [5.74, 6) is -2.42. The molecule has 5 aromatic rings. The van der Waals surface area contributed by atoms with E-state index in [0.29, 0.717) is 24.5 Å². The zero-order chi connectivity index (χ0) is 35.3. The molecule has 0 unspecified atom stereocenters. The molecule has 0 saturated carbocycles. The molecule has 1 saturated heterocycles. The van der Waals surface area contributed by atoms with Crippen LogP contribution >= 0.6 is 11.3 Å². The van der Waals surface area contributed by atoms with Crippen molar-refractivity contribution in [3.8, 4) is 0 Å². The van der Waals surface area contributed by atoms with Gasteiger partial charge in [-0.25, -0.2) is 9.78 Å². The third-order valence-electron chi connectivity index (χ3n) is 8.06. The topological polar surface area (TPSA) is 162 Å². The fourth-order valence-corrected chi connectivity index (χ4v) is 6.28. The van der Waals surface area contributed by atoms with Crippen LogP contribution in [0.25, 0.3) is 0 Å². The monoisotopic (exact) mass is 691 g/mol. The lowest BCUT2D eigenvalue weighted by molar-refractivity contribution is -0.139. The minimum absolute atomic E-state index is 0.140. The molecular weight excluding hydrogens is 655 g/mol. The molecule has 1 fully saturated rings. The second-order valence-corrected chi connectivity index (χ2v) is 12.2. The van der Waals surface area contributed by atoms with E-state index in [0.717, 1.165) is 22.3 Å². The van der Waals surface area contributed by atoms with Crippen molar-refractivity contribution >= 4 is 40.0 Å². The highest BCUT2D eigenvalue weighted by atomic mass is 32.1. The number of carbonyl (C=O) groups excluding carboxylic acids is 1. The quantitative estimate of drug-likeness (QED) is 0.0639. The number of carboxylic acids is 2. The Morgan fingerprint density at radius 3 is 1.86 bits per heavy atom. The summed E-state index contributed by atoms with van der Waals surface area (Å²) in [6.07, 6.45) is 0.131. The molecule has 0 spiro atoms. The van der Waals surface area contributed by atoms with E-state index in [9.17, 15) is 19.5 Å². The molecule has 0 bridgehead atoms. The molecule has 1 aromatic heterocycles. The predicted molar refractivity (Wildman–Crippen MR) is 192 cm³/mol. The molecular formula is C38H37N5O6S. The minimum atomic E-state index is -1.30. The zero-order valence-corrected chi connectivity index (χ0v) is 28.0. The number of hydrogen-bond acceptors (Lipinski definition) is 9. The van der Waals surface area contributed by atoms with Crippen molar-refractivity contribution in [3.05, 3.63) is 155 Å². The van der Waals surface area contributed by atoms with Gasteiger partial charge in [-0.1, -0.05) is 126 Å². The molecule has 5 N–H and O–H groups in total. The van der Waals surface area contributed by atoms with Gasteiger partial charge in [-0.05, 0) is 35.7 Å². The number of amides is 1. The second kappa shape index (κ2) is 17.0. The van der Waals surface area contributed by atoms with Crippen molar-refractivity contribution in [2.45, 2.75) is 30.5 Å². The standard InChI is InChI=1S/C28H24N4O4S.C10H13NO2/c33-25-23(16-17-29-25)36-32-24(26(34)35)22-18-37-27(30-22)31-28(19-10-4-1-5-11-19,20-12-6-2-7-13-20)21-14-8-3-9-15-21;1-11-9(10(12)13)7-8-5-3-2-4-6-8/h1-15,18,23H,16-17H2,(H,29,33)(H,30,31)(H,34,35);2-6,9,11H,7H2,1H3,(H,12,13)/b32-24+;/t23-;9-/m00/s1. The summed E-state index contributed by atoms with van der Waals surface area (Å²) in [5, 5.41) is 33.4. The van der Waals surface area contributed by atoms with Gasteiger partial charge >= 0.3 is 11.9 Å². The van der Waals surface area contributed by atoms with Crippen molar-refractivity contribution in [2.75, 3.05) is 18.9 Å². The van der Waals surface area contributed by atoms with Crippen LogP contribution in [-0.2, 0) is 31.2 Å². The lowest BCUT2D eigenvalue weighted by atomic mass is 9.77. The smallest absolute Gasteiger partial charge is 0.360 e. The van der Waals surface area contributed by atoms with Gasteiger partial charge in [-0.2, -0.15) is 0 Å². The maximum absolute atomic E-state index is 12.0. The molecule has 256 valence electrons. The Balaban J connectivity index is 0.000000315. The van der Waals surface area contributed by atoms with Gasteiger partial charge in [0, 0.05) is 18.3 Å². The van der Waals surface area contributed by atoms with Crippen molar-refractivity contribution in [2.24, 2.45) is 5.16 Å². The average molecular weight is 692 g/mol. The Labute approximate surface area is 293 Å². The van der Waals surface area contributed by atoms with Crippen LogP contribution in [0.15, 0.2) is 132 Å². The van der Waals surface area contributed by atoms with Crippen LogP contribution in [0, 0.1) is 0 Å². The predicted octanol–water partition coefficient (Wildman–Crippen LogP) is 5.14. The Morgan fingerprint density at radius 1 is 0.900 bits per heavy atom. The number of aliphatic carboxylic acids is 2. The van der Waals surface area contributed by atoms with Crippen molar-refractivity contribution in [1.82, 2.24) is 15.6 Å². The molecule has 2 atom stereocenters. The lowest BCUT2D eigenvalue weighted by Crippen LogP contribution is -2.38. The van der Waals surface area contributed by atoms with E-state index in [2.05, 4.69) is 26.1 Å². The summed E-state index contributed by atoms with van der Waals surface area (Å²) in [4.78, 5) is 44.3. The first-order valence-electron chi connectivity index (χ1n) is 15.9. The van der Waals surface area contributed by atoms with E-state index in [-0.39, 0.29) is 17.3 Å². The van der Waals surface area contributed by atoms with E-state index in [1.807, 2.05) is 121 Å². The second-order valence-electron chi connectivity index (χ2n) is 11.3. The number of carbonyl (C=O) groups is 3. The van der Waals surface area contributed by atoms with E-state index >= 15 is 0 Å². The highest BCUT2D eigenvalue weighted by Crippen LogP contribution is 2.40. The van der Waals surface area contributed by atoms with Crippen molar-refractivity contribution in [1.29, 1.82) is 0 Å². The van der Waals surface area contributed by atoms with Gasteiger partial charge in [-0.3, -0.25) is 9.59 Å². The first kappa shape index (κ1) is 35.5. The zero-order valence-electron chi connectivity index (χ0n) is 27.2. The number of hydrogen-bond donors (Lipinski definition) is 5. The number of nitrogens with one attached hydrogen (secondary N) is 3. The van der Waals surface area contributed by atoms with Crippen LogP contribution in [-0.4, -0.2) is 64.5 Å². The summed E-state index contributed by atoms with van der Waals surface area (Å²) in [7, 11) is 1.65. The number of thiazole rings is 1. The fraction of sp³-hybridized carbons (Fsp3) is 0.184. The molecule has 50 heavy (non-hydrogen) atoms. The largest absolute Gasteiger partial charge is 0.480 e. The summed E-state index contributed by atoms with van der Waals surface area (Å²) in [6.45, 7) is 0.465. The van der Waals surface area contributed by atoms with E-state index in [4.69, 9.17) is 9.94 Å². The van der Waals surface area contributed by atoms with E-state index in [1.54, 1.807) is 12.4 Å². The number of likely N-dealkylation sites (N-methyl/N-ethyl adjacent to an activating group) is 1. The normalized spacial score (nSPS) is 14.9. The van der Waals surface area contributed by atoms with E-state index in [1.165, 1.54) is 11.3 Å². The lowest BCUT2D eigenvalue weighted by Gasteiger charge is -2.36. The third kappa shape index (κ3) is 8.59. The maximum Gasteiger partial charge on any atom is 0.360 e. The van der Waals surface area contributed by atoms with Gasteiger partial charge in [0.2, 0.25) is 11.8 Å². The Kier molecular flexibility index (Phi) is 12.1. The maximum atomic E-state index is 12.0. The number of carboxylic acid groups (broad SMARTS) is 2. The number of rotatable bonds is 13. The first-order valence-corrected chi connectivity index (χ1v) is 16.8. The molecule has 0 radical (unpaired) electrons. The number of benzene rings is 4. The average Bonchev–Trinajstić information content (AvgIpc) is 3.79. The molecule has 6 rings (SSSR count). The minimum Gasteiger partial charge on any atom is -0.480 e. The van der Waals surface area contributed by atoms with Gasteiger partial charge in [-0.15, -0.1) is 11.3 Å². The molecule has 1 aliphatic rings. The highest BCUT2D eigenvalue weighted by molar-refractivity contribution is 7.14. The van der Waals surface area contributed by atoms with Gasteiger partial charge in [0.05, 0.1) is 0 Å². The van der Waals surface area contributed by atoms with Crippen molar-refractivity contribution < 1.29 is 29.4 Å². The van der Waals surface area contributed by atoms with Crippen LogP contribution < -0.4 is 16.0 Å². The van der Waals surface area contributed by atoms with Crippen LogP contribution in [0.2, 0.25) is 0 Å². The summed E-state index contributed by atoms with van der Waals surface area (Å²) in [5.41, 5.74) is 2.97. The first-order chi connectivity index (χ1) is 24.3. The van der Waals surface area contributed by atoms with Gasteiger partial charge in [0.1, 0.15) is 17.3 Å². The molecule has 4 aromatic carbocycles. The number of anilines is 1. The summed E-state index contributed by atoms with van der Waals surface area (Å²) >= 11 is 1.26. The number of oxime groups is 1. The Hall–Kier alpha value is -5.85. The van der Waals surface area contributed by atoms with Crippen LogP contribution in [0.5, 0.6) is 0 Å². The van der Waals surface area contributed by atoms with Gasteiger partial charge in [0.15, 0.2) is 5.13 Å². The molecule has 1 amide bonds.